The highest BCUT2D eigenvalue weighted by molar-refractivity contribution is 9.10. The number of carbonyl (C=O) groups excluding carboxylic acids is 2. The van der Waals surface area contributed by atoms with Gasteiger partial charge in [-0.1, -0.05) is 99.3 Å². The number of ether oxygens (including phenoxy) is 1. The van der Waals surface area contributed by atoms with Gasteiger partial charge >= 0.3 is 0 Å². The lowest BCUT2D eigenvalue weighted by Gasteiger charge is -2.31. The highest BCUT2D eigenvalue weighted by Gasteiger charge is 2.30. The summed E-state index contributed by atoms with van der Waals surface area (Å²) < 4.78 is 7.54. The second-order valence-electron chi connectivity index (χ2n) is 8.36. The Balaban J connectivity index is 1.88. The van der Waals surface area contributed by atoms with Gasteiger partial charge in [0.15, 0.2) is 6.61 Å². The van der Waals surface area contributed by atoms with E-state index < -0.39 is 6.04 Å². The van der Waals surface area contributed by atoms with E-state index in [1.54, 1.807) is 23.1 Å². The smallest absolute Gasteiger partial charge is 0.261 e. The molecule has 0 saturated carbocycles. The molecule has 190 valence electrons. The van der Waals surface area contributed by atoms with Gasteiger partial charge in [0.2, 0.25) is 5.91 Å². The summed E-state index contributed by atoms with van der Waals surface area (Å²) in [6, 6.07) is 21.9. The van der Waals surface area contributed by atoms with Gasteiger partial charge in [-0.25, -0.2) is 0 Å². The molecule has 1 atom stereocenters. The van der Waals surface area contributed by atoms with Crippen molar-refractivity contribution in [3.8, 4) is 5.75 Å². The average Bonchev–Trinajstić information content (AvgIpc) is 2.87. The largest absolute Gasteiger partial charge is 0.482 e. The number of amides is 2. The fourth-order valence-corrected chi connectivity index (χ4v) is 4.65. The van der Waals surface area contributed by atoms with E-state index in [-0.39, 0.29) is 25.0 Å². The molecule has 0 aliphatic rings. The van der Waals surface area contributed by atoms with E-state index in [1.807, 2.05) is 54.6 Å². The van der Waals surface area contributed by atoms with Crippen LogP contribution in [0.1, 0.15) is 30.9 Å². The van der Waals surface area contributed by atoms with Crippen LogP contribution in [0.4, 0.5) is 0 Å². The highest BCUT2D eigenvalue weighted by Crippen LogP contribution is 2.28. The van der Waals surface area contributed by atoms with E-state index in [2.05, 4.69) is 44.1 Å². The number of nitrogens with one attached hydrogen (secondary N) is 1. The summed E-state index contributed by atoms with van der Waals surface area (Å²) in [4.78, 5) is 28.6. The lowest BCUT2D eigenvalue weighted by atomic mass is 10.0. The molecule has 0 radical (unpaired) electrons. The van der Waals surface area contributed by atoms with Crippen molar-refractivity contribution in [1.82, 2.24) is 10.2 Å². The fourth-order valence-electron chi connectivity index (χ4n) is 3.66. The lowest BCUT2D eigenvalue weighted by molar-refractivity contribution is -0.142. The van der Waals surface area contributed by atoms with Gasteiger partial charge in [-0.05, 0) is 47.9 Å². The van der Waals surface area contributed by atoms with Crippen LogP contribution in [-0.4, -0.2) is 35.9 Å². The Labute approximate surface area is 234 Å². The summed E-state index contributed by atoms with van der Waals surface area (Å²) in [6.45, 7) is 2.65. The van der Waals surface area contributed by atoms with Crippen LogP contribution < -0.4 is 10.1 Å². The average molecular weight is 637 g/mol. The minimum Gasteiger partial charge on any atom is -0.482 e. The summed E-state index contributed by atoms with van der Waals surface area (Å²) in [5.41, 5.74) is 1.88. The highest BCUT2D eigenvalue weighted by atomic mass is 79.9. The third-order valence-corrected chi connectivity index (χ3v) is 6.93. The molecule has 3 aromatic rings. The monoisotopic (exact) mass is 634 g/mol. The third-order valence-electron chi connectivity index (χ3n) is 5.61. The Kier molecular flexibility index (Phi) is 11.3. The van der Waals surface area contributed by atoms with Gasteiger partial charge < -0.3 is 15.0 Å². The molecule has 3 aromatic carbocycles. The van der Waals surface area contributed by atoms with Crippen molar-refractivity contribution >= 4 is 55.3 Å². The van der Waals surface area contributed by atoms with Gasteiger partial charge in [-0.2, -0.15) is 0 Å². The van der Waals surface area contributed by atoms with Crippen LogP contribution in [0.3, 0.4) is 0 Å². The summed E-state index contributed by atoms with van der Waals surface area (Å²) >= 11 is 13.1. The number of hydrogen-bond acceptors (Lipinski definition) is 3. The number of unbranched alkanes of at least 4 members (excludes halogenated alkanes) is 1. The number of carbonyl (C=O) groups is 2. The molecule has 0 aromatic heterocycles. The van der Waals surface area contributed by atoms with E-state index in [0.29, 0.717) is 23.7 Å². The number of benzene rings is 3. The number of rotatable bonds is 12. The van der Waals surface area contributed by atoms with E-state index in [0.717, 1.165) is 32.9 Å². The molecule has 2 amide bonds. The summed E-state index contributed by atoms with van der Waals surface area (Å²) in [6.07, 6.45) is 2.22. The van der Waals surface area contributed by atoms with Crippen LogP contribution in [-0.2, 0) is 22.6 Å². The number of hydrogen-bond donors (Lipinski definition) is 1. The quantitative estimate of drug-likeness (QED) is 0.223. The van der Waals surface area contributed by atoms with E-state index in [4.69, 9.17) is 16.3 Å². The number of halogens is 3. The minimum absolute atomic E-state index is 0.181. The third kappa shape index (κ3) is 8.64. The molecule has 0 bridgehead atoms. The normalized spacial score (nSPS) is 11.6. The van der Waals surface area contributed by atoms with Gasteiger partial charge in [-0.3, -0.25) is 9.59 Å². The SMILES string of the molecule is CCCCNC(=O)C(Cc1ccccc1)N(Cc1ccc(Br)cc1)C(=O)COc1ccc(Br)cc1Cl. The van der Waals surface area contributed by atoms with Crippen molar-refractivity contribution in [3.05, 3.63) is 97.9 Å². The predicted molar refractivity (Wildman–Crippen MR) is 151 cm³/mol. The van der Waals surface area contributed by atoms with Gasteiger partial charge in [0, 0.05) is 28.5 Å². The van der Waals surface area contributed by atoms with Crippen LogP contribution in [0.5, 0.6) is 5.75 Å². The lowest BCUT2D eigenvalue weighted by Crippen LogP contribution is -2.51. The summed E-state index contributed by atoms with van der Waals surface area (Å²) in [7, 11) is 0. The zero-order valence-corrected chi connectivity index (χ0v) is 24.0. The second kappa shape index (κ2) is 14.4. The molecule has 36 heavy (non-hydrogen) atoms. The number of nitrogens with zero attached hydrogens (tertiary/aromatic N) is 1. The van der Waals surface area contributed by atoms with Crippen molar-refractivity contribution in [2.24, 2.45) is 0 Å². The predicted octanol–water partition coefficient (Wildman–Crippen LogP) is 6.80. The first-order valence-electron chi connectivity index (χ1n) is 11.8. The van der Waals surface area contributed by atoms with Gasteiger partial charge in [-0.15, -0.1) is 0 Å². The van der Waals surface area contributed by atoms with E-state index >= 15 is 0 Å². The van der Waals surface area contributed by atoms with Gasteiger partial charge in [0.25, 0.3) is 5.91 Å². The maximum absolute atomic E-state index is 13.6. The molecule has 5 nitrogen and oxygen atoms in total. The van der Waals surface area contributed by atoms with Crippen molar-refractivity contribution < 1.29 is 14.3 Å². The molecule has 0 spiro atoms. The van der Waals surface area contributed by atoms with Crippen molar-refractivity contribution in [3.63, 3.8) is 0 Å². The van der Waals surface area contributed by atoms with Crippen molar-refractivity contribution in [2.75, 3.05) is 13.2 Å². The van der Waals surface area contributed by atoms with Gasteiger partial charge in [0.1, 0.15) is 11.8 Å². The molecule has 3 rings (SSSR count). The molecule has 0 aliphatic heterocycles. The topological polar surface area (TPSA) is 58.6 Å². The fraction of sp³-hybridized carbons (Fsp3) is 0.286. The minimum atomic E-state index is -0.704. The Hall–Kier alpha value is -2.35. The van der Waals surface area contributed by atoms with Gasteiger partial charge in [0.05, 0.1) is 5.02 Å². The van der Waals surface area contributed by atoms with Crippen molar-refractivity contribution in [1.29, 1.82) is 0 Å². The molecule has 1 N–H and O–H groups in total. The molecule has 8 heteroatoms. The van der Waals surface area contributed by atoms with Crippen LogP contribution in [0.2, 0.25) is 5.02 Å². The standard InChI is InChI=1S/C28H29Br2ClN2O3/c1-2-3-15-32-28(35)25(16-20-7-5-4-6-8-20)33(18-21-9-11-22(29)12-10-21)27(34)19-36-26-14-13-23(30)17-24(26)31/h4-14,17,25H,2-3,15-16,18-19H2,1H3,(H,32,35). The zero-order chi connectivity index (χ0) is 25.9. The first-order valence-corrected chi connectivity index (χ1v) is 13.8. The maximum Gasteiger partial charge on any atom is 0.261 e. The Morgan fingerprint density at radius 1 is 0.972 bits per heavy atom. The first kappa shape index (κ1) is 28.2. The molecule has 0 heterocycles. The molecular formula is C28H29Br2ClN2O3. The molecule has 1 unspecified atom stereocenters. The maximum atomic E-state index is 13.6. The summed E-state index contributed by atoms with van der Waals surface area (Å²) in [5, 5.41) is 3.41. The molecular weight excluding hydrogens is 608 g/mol. The van der Waals surface area contributed by atoms with E-state index in [1.165, 1.54) is 0 Å². The van der Waals surface area contributed by atoms with Crippen LogP contribution in [0.15, 0.2) is 81.7 Å². The zero-order valence-electron chi connectivity index (χ0n) is 20.1. The first-order chi connectivity index (χ1) is 17.4. The van der Waals surface area contributed by atoms with Crippen LogP contribution in [0, 0.1) is 0 Å². The van der Waals surface area contributed by atoms with Crippen LogP contribution >= 0.6 is 43.5 Å². The van der Waals surface area contributed by atoms with E-state index in [9.17, 15) is 9.59 Å². The molecule has 0 saturated heterocycles. The van der Waals surface area contributed by atoms with Crippen LogP contribution in [0.25, 0.3) is 0 Å². The van der Waals surface area contributed by atoms with Crippen molar-refractivity contribution in [2.45, 2.75) is 38.8 Å². The molecule has 0 fully saturated rings. The Bertz CT molecular complexity index is 1140. The molecule has 0 aliphatic carbocycles. The Morgan fingerprint density at radius 2 is 1.67 bits per heavy atom. The second-order valence-corrected chi connectivity index (χ2v) is 10.6. The summed E-state index contributed by atoms with van der Waals surface area (Å²) in [5.74, 6) is -0.0771. The Morgan fingerprint density at radius 3 is 2.33 bits per heavy atom.